The standard InChI is InChI=1S/C29H32BrCl2N3O4S/c1-3-4-17-33-29(37)27(18-21-11-6-5-7-12-21)34(19-22-24(31)14-10-15-25(22)32)28(36)20-35(40(2,38)39)26-16-9-8-13-23(26)30/h5-16,27H,3-4,17-20H2,1-2H3,(H,33,37)/t27-/m1/s1. The van der Waals surface area contributed by atoms with Crippen molar-refractivity contribution >= 4 is 66.7 Å². The van der Waals surface area contributed by atoms with Crippen LogP contribution in [-0.4, -0.2) is 50.5 Å². The lowest BCUT2D eigenvalue weighted by Crippen LogP contribution is -2.53. The van der Waals surface area contributed by atoms with E-state index in [0.717, 1.165) is 29.0 Å². The van der Waals surface area contributed by atoms with Crippen LogP contribution in [-0.2, 0) is 32.6 Å². The smallest absolute Gasteiger partial charge is 0.244 e. The van der Waals surface area contributed by atoms with E-state index in [9.17, 15) is 18.0 Å². The minimum absolute atomic E-state index is 0.0937. The van der Waals surface area contributed by atoms with Gasteiger partial charge in [-0.3, -0.25) is 13.9 Å². The molecule has 11 heteroatoms. The van der Waals surface area contributed by atoms with Gasteiger partial charge in [0.05, 0.1) is 11.9 Å². The van der Waals surface area contributed by atoms with E-state index in [4.69, 9.17) is 23.2 Å². The number of sulfonamides is 1. The van der Waals surface area contributed by atoms with E-state index in [1.165, 1.54) is 4.90 Å². The van der Waals surface area contributed by atoms with Crippen LogP contribution in [0.2, 0.25) is 10.0 Å². The molecule has 7 nitrogen and oxygen atoms in total. The summed E-state index contributed by atoms with van der Waals surface area (Å²) in [5, 5.41) is 3.61. The van der Waals surface area contributed by atoms with Crippen molar-refractivity contribution in [2.24, 2.45) is 0 Å². The maximum absolute atomic E-state index is 14.1. The van der Waals surface area contributed by atoms with Crippen molar-refractivity contribution in [3.05, 3.63) is 98.4 Å². The van der Waals surface area contributed by atoms with E-state index in [0.29, 0.717) is 32.3 Å². The second-order valence-corrected chi connectivity index (χ2v) is 12.9. The summed E-state index contributed by atoms with van der Waals surface area (Å²) in [5.74, 6) is -0.927. The largest absolute Gasteiger partial charge is 0.354 e. The molecule has 0 saturated carbocycles. The molecule has 3 rings (SSSR count). The van der Waals surface area contributed by atoms with Crippen molar-refractivity contribution < 1.29 is 18.0 Å². The molecule has 0 unspecified atom stereocenters. The molecule has 0 aromatic heterocycles. The highest BCUT2D eigenvalue weighted by Crippen LogP contribution is 2.30. The number of unbranched alkanes of at least 4 members (excludes halogenated alkanes) is 1. The number of benzene rings is 3. The maximum Gasteiger partial charge on any atom is 0.244 e. The Hall–Kier alpha value is -2.59. The Balaban J connectivity index is 2.09. The molecule has 2 amide bonds. The molecule has 0 aliphatic heterocycles. The van der Waals surface area contributed by atoms with Crippen LogP contribution in [0.1, 0.15) is 30.9 Å². The molecule has 3 aromatic carbocycles. The van der Waals surface area contributed by atoms with Crippen LogP contribution in [0, 0.1) is 0 Å². The van der Waals surface area contributed by atoms with Gasteiger partial charge in [0.1, 0.15) is 12.6 Å². The zero-order chi connectivity index (χ0) is 29.3. The highest BCUT2D eigenvalue weighted by atomic mass is 79.9. The quantitative estimate of drug-likeness (QED) is 0.224. The van der Waals surface area contributed by atoms with Gasteiger partial charge in [-0.25, -0.2) is 8.42 Å². The Morgan fingerprint density at radius 3 is 2.17 bits per heavy atom. The fourth-order valence-corrected chi connectivity index (χ4v) is 6.16. The molecule has 3 aromatic rings. The van der Waals surface area contributed by atoms with E-state index in [2.05, 4.69) is 21.2 Å². The normalized spacial score (nSPS) is 12.0. The van der Waals surface area contributed by atoms with Gasteiger partial charge in [-0.1, -0.05) is 85.1 Å². The molecule has 0 fully saturated rings. The molecule has 0 radical (unpaired) electrons. The van der Waals surface area contributed by atoms with Gasteiger partial charge >= 0.3 is 0 Å². The number of rotatable bonds is 13. The van der Waals surface area contributed by atoms with Crippen molar-refractivity contribution in [3.8, 4) is 0 Å². The summed E-state index contributed by atoms with van der Waals surface area (Å²) in [6.45, 7) is 1.84. The number of carbonyl (C=O) groups is 2. The van der Waals surface area contributed by atoms with Gasteiger partial charge in [0.2, 0.25) is 21.8 Å². The number of para-hydroxylation sites is 1. The molecule has 0 saturated heterocycles. The molecular formula is C29H32BrCl2N3O4S. The minimum Gasteiger partial charge on any atom is -0.354 e. The van der Waals surface area contributed by atoms with Gasteiger partial charge in [-0.05, 0) is 52.2 Å². The van der Waals surface area contributed by atoms with E-state index in [1.807, 2.05) is 37.3 Å². The zero-order valence-electron chi connectivity index (χ0n) is 22.3. The third kappa shape index (κ3) is 8.70. The van der Waals surface area contributed by atoms with Crippen LogP contribution in [0.25, 0.3) is 0 Å². The first-order valence-electron chi connectivity index (χ1n) is 12.8. The highest BCUT2D eigenvalue weighted by molar-refractivity contribution is 9.10. The molecular weight excluding hydrogens is 637 g/mol. The predicted molar refractivity (Wildman–Crippen MR) is 165 cm³/mol. The topological polar surface area (TPSA) is 86.8 Å². The number of nitrogens with one attached hydrogen (secondary N) is 1. The lowest BCUT2D eigenvalue weighted by atomic mass is 10.0. The monoisotopic (exact) mass is 667 g/mol. The van der Waals surface area contributed by atoms with Gasteiger partial charge in [0.25, 0.3) is 0 Å². The van der Waals surface area contributed by atoms with E-state index in [-0.39, 0.29) is 18.9 Å². The Morgan fingerprint density at radius 1 is 0.950 bits per heavy atom. The predicted octanol–water partition coefficient (Wildman–Crippen LogP) is 6.08. The van der Waals surface area contributed by atoms with Gasteiger partial charge < -0.3 is 10.2 Å². The first-order chi connectivity index (χ1) is 19.0. The summed E-state index contributed by atoms with van der Waals surface area (Å²) in [6, 6.07) is 20.1. The fourth-order valence-electron chi connectivity index (χ4n) is 4.16. The summed E-state index contributed by atoms with van der Waals surface area (Å²) in [4.78, 5) is 29.1. The van der Waals surface area contributed by atoms with Crippen LogP contribution in [0.5, 0.6) is 0 Å². The number of anilines is 1. The number of carbonyl (C=O) groups excluding carboxylic acids is 2. The summed E-state index contributed by atoms with van der Waals surface area (Å²) < 4.78 is 27.3. The average molecular weight is 669 g/mol. The van der Waals surface area contributed by atoms with Crippen molar-refractivity contribution in [3.63, 3.8) is 0 Å². The second kappa shape index (κ2) is 14.9. The van der Waals surface area contributed by atoms with Crippen LogP contribution in [0.4, 0.5) is 5.69 Å². The fraction of sp³-hybridized carbons (Fsp3) is 0.310. The Labute approximate surface area is 254 Å². The first kappa shape index (κ1) is 31.9. The second-order valence-electron chi connectivity index (χ2n) is 9.29. The third-order valence-corrected chi connectivity index (χ3v) is 8.80. The molecule has 214 valence electrons. The maximum atomic E-state index is 14.1. The number of hydrogen-bond donors (Lipinski definition) is 1. The molecule has 40 heavy (non-hydrogen) atoms. The minimum atomic E-state index is -3.88. The number of nitrogens with zero attached hydrogens (tertiary/aromatic N) is 2. The number of amides is 2. The number of hydrogen-bond acceptors (Lipinski definition) is 4. The van der Waals surface area contributed by atoms with E-state index >= 15 is 0 Å². The van der Waals surface area contributed by atoms with Gasteiger partial charge in [0.15, 0.2) is 0 Å². The SMILES string of the molecule is CCCCNC(=O)[C@@H](Cc1ccccc1)N(Cc1c(Cl)cccc1Cl)C(=O)CN(c1ccccc1Br)S(C)(=O)=O. The van der Waals surface area contributed by atoms with E-state index in [1.54, 1.807) is 42.5 Å². The molecule has 0 aliphatic rings. The van der Waals surface area contributed by atoms with Gasteiger partial charge in [0, 0.05) is 39.6 Å². The Morgan fingerprint density at radius 2 is 1.57 bits per heavy atom. The van der Waals surface area contributed by atoms with Crippen molar-refractivity contribution in [1.82, 2.24) is 10.2 Å². The van der Waals surface area contributed by atoms with Gasteiger partial charge in [-0.15, -0.1) is 0 Å². The summed E-state index contributed by atoms with van der Waals surface area (Å²) in [6.07, 6.45) is 2.91. The van der Waals surface area contributed by atoms with E-state index < -0.39 is 28.5 Å². The third-order valence-electron chi connectivity index (χ3n) is 6.29. The first-order valence-corrected chi connectivity index (χ1v) is 16.2. The van der Waals surface area contributed by atoms with Crippen LogP contribution in [0.15, 0.2) is 77.3 Å². The molecule has 0 spiro atoms. The Bertz CT molecular complexity index is 1400. The van der Waals surface area contributed by atoms with Crippen LogP contribution >= 0.6 is 39.1 Å². The lowest BCUT2D eigenvalue weighted by molar-refractivity contribution is -0.140. The lowest BCUT2D eigenvalue weighted by Gasteiger charge is -2.34. The van der Waals surface area contributed by atoms with Crippen LogP contribution in [0.3, 0.4) is 0 Å². The molecule has 0 bridgehead atoms. The van der Waals surface area contributed by atoms with Gasteiger partial charge in [-0.2, -0.15) is 0 Å². The summed E-state index contributed by atoms with van der Waals surface area (Å²) in [5.41, 5.74) is 1.61. The number of halogens is 3. The summed E-state index contributed by atoms with van der Waals surface area (Å²) >= 11 is 16.4. The van der Waals surface area contributed by atoms with Crippen molar-refractivity contribution in [1.29, 1.82) is 0 Å². The summed E-state index contributed by atoms with van der Waals surface area (Å²) in [7, 11) is -3.88. The molecule has 0 aliphatic carbocycles. The average Bonchev–Trinajstić information content (AvgIpc) is 2.91. The van der Waals surface area contributed by atoms with Crippen molar-refractivity contribution in [2.75, 3.05) is 23.7 Å². The van der Waals surface area contributed by atoms with Crippen molar-refractivity contribution in [2.45, 2.75) is 38.8 Å². The van der Waals surface area contributed by atoms with Crippen LogP contribution < -0.4 is 9.62 Å². The molecule has 1 N–H and O–H groups in total. The molecule has 0 heterocycles. The molecule has 1 atom stereocenters. The Kier molecular flexibility index (Phi) is 11.9. The zero-order valence-corrected chi connectivity index (χ0v) is 26.2. The highest BCUT2D eigenvalue weighted by Gasteiger charge is 2.34.